The highest BCUT2D eigenvalue weighted by atomic mass is 16.3. The molecule has 94 valence electrons. The van der Waals surface area contributed by atoms with Gasteiger partial charge in [-0.2, -0.15) is 0 Å². The average Bonchev–Trinajstić information content (AvgIpc) is 2.29. The number of nitrogens with one attached hydrogen (secondary N) is 1. The third-order valence-electron chi connectivity index (χ3n) is 3.14. The van der Waals surface area contributed by atoms with Crippen LogP contribution in [-0.2, 0) is 4.79 Å². The molecular weight excluding hydrogens is 204 g/mol. The lowest BCUT2D eigenvalue weighted by Gasteiger charge is -2.37. The molecule has 0 radical (unpaired) electrons. The van der Waals surface area contributed by atoms with Crippen molar-refractivity contribution in [2.45, 2.75) is 51.6 Å². The Kier molecular flexibility index (Phi) is 5.77. The van der Waals surface area contributed by atoms with E-state index >= 15 is 0 Å². The third kappa shape index (κ3) is 3.76. The second-order valence-electron chi connectivity index (χ2n) is 4.71. The van der Waals surface area contributed by atoms with Gasteiger partial charge in [-0.05, 0) is 39.7 Å². The van der Waals surface area contributed by atoms with Crippen molar-refractivity contribution in [1.82, 2.24) is 10.2 Å². The molecule has 16 heavy (non-hydrogen) atoms. The molecule has 1 heterocycles. The summed E-state index contributed by atoms with van der Waals surface area (Å²) in [7, 11) is 0. The van der Waals surface area contributed by atoms with Crippen molar-refractivity contribution < 1.29 is 9.90 Å². The molecule has 1 rings (SSSR count). The van der Waals surface area contributed by atoms with E-state index in [1.165, 1.54) is 6.42 Å². The molecule has 0 saturated carbocycles. The van der Waals surface area contributed by atoms with Gasteiger partial charge in [-0.15, -0.1) is 0 Å². The number of aliphatic hydroxyl groups is 1. The van der Waals surface area contributed by atoms with Gasteiger partial charge in [-0.25, -0.2) is 0 Å². The molecule has 2 N–H and O–H groups in total. The monoisotopic (exact) mass is 228 g/mol. The number of carbonyl (C=O) groups excluding carboxylic acids is 1. The fraction of sp³-hybridized carbons (Fsp3) is 0.917. The van der Waals surface area contributed by atoms with E-state index in [1.807, 2.05) is 0 Å². The van der Waals surface area contributed by atoms with Gasteiger partial charge in [0.2, 0.25) is 5.91 Å². The highest BCUT2D eigenvalue weighted by Gasteiger charge is 2.29. The minimum Gasteiger partial charge on any atom is -0.396 e. The Morgan fingerprint density at radius 2 is 2.25 bits per heavy atom. The van der Waals surface area contributed by atoms with Crippen LogP contribution in [0.2, 0.25) is 0 Å². The van der Waals surface area contributed by atoms with Gasteiger partial charge in [0, 0.05) is 19.2 Å². The first kappa shape index (κ1) is 13.5. The van der Waals surface area contributed by atoms with Crippen molar-refractivity contribution in [3.63, 3.8) is 0 Å². The fourth-order valence-corrected chi connectivity index (χ4v) is 2.26. The number of nitrogens with zero attached hydrogens (tertiary/aromatic N) is 1. The van der Waals surface area contributed by atoms with Crippen LogP contribution >= 0.6 is 0 Å². The van der Waals surface area contributed by atoms with E-state index in [1.54, 1.807) is 0 Å². The zero-order valence-corrected chi connectivity index (χ0v) is 10.4. The van der Waals surface area contributed by atoms with Gasteiger partial charge in [0.15, 0.2) is 0 Å². The van der Waals surface area contributed by atoms with E-state index in [2.05, 4.69) is 24.1 Å². The number of hydrogen-bond donors (Lipinski definition) is 2. The lowest BCUT2D eigenvalue weighted by Crippen LogP contribution is -2.52. The molecule has 0 spiro atoms. The Morgan fingerprint density at radius 1 is 1.50 bits per heavy atom. The zero-order valence-electron chi connectivity index (χ0n) is 10.4. The van der Waals surface area contributed by atoms with Gasteiger partial charge < -0.3 is 10.4 Å². The molecule has 1 fully saturated rings. The normalized spacial score (nSPS) is 22.4. The fourth-order valence-electron chi connectivity index (χ4n) is 2.26. The number of rotatable bonds is 5. The van der Waals surface area contributed by atoms with Crippen LogP contribution in [0.3, 0.4) is 0 Å². The predicted molar refractivity (Wildman–Crippen MR) is 64.2 cm³/mol. The number of likely N-dealkylation sites (tertiary alicyclic amines) is 1. The van der Waals surface area contributed by atoms with Crippen LogP contribution in [0, 0.1) is 0 Å². The Bertz CT molecular complexity index is 219. The molecule has 1 atom stereocenters. The van der Waals surface area contributed by atoms with Crippen LogP contribution in [0.5, 0.6) is 0 Å². The van der Waals surface area contributed by atoms with Crippen molar-refractivity contribution in [2.75, 3.05) is 19.7 Å². The summed E-state index contributed by atoms with van der Waals surface area (Å²) in [6.07, 6.45) is 3.93. The Morgan fingerprint density at radius 3 is 2.88 bits per heavy atom. The van der Waals surface area contributed by atoms with Crippen LogP contribution in [-0.4, -0.2) is 47.7 Å². The Balaban J connectivity index is 2.44. The highest BCUT2D eigenvalue weighted by Crippen LogP contribution is 2.19. The number of carbonyl (C=O) groups is 1. The predicted octanol–water partition coefficient (Wildman–Crippen LogP) is 0.748. The molecule has 0 aromatic carbocycles. The quantitative estimate of drug-likeness (QED) is 0.683. The minimum atomic E-state index is 0.0347. The lowest BCUT2D eigenvalue weighted by molar-refractivity contribution is -0.128. The van der Waals surface area contributed by atoms with E-state index in [4.69, 9.17) is 5.11 Å². The van der Waals surface area contributed by atoms with Crippen molar-refractivity contribution in [3.05, 3.63) is 0 Å². The number of amides is 1. The van der Waals surface area contributed by atoms with E-state index in [0.29, 0.717) is 19.0 Å². The van der Waals surface area contributed by atoms with Crippen molar-refractivity contribution in [1.29, 1.82) is 0 Å². The second kappa shape index (κ2) is 6.86. The maximum absolute atomic E-state index is 12.0. The van der Waals surface area contributed by atoms with E-state index in [-0.39, 0.29) is 18.6 Å². The summed E-state index contributed by atoms with van der Waals surface area (Å²) in [5.41, 5.74) is 0. The van der Waals surface area contributed by atoms with Crippen LogP contribution < -0.4 is 5.32 Å². The average molecular weight is 228 g/mol. The molecule has 0 aromatic rings. The standard InChI is InChI=1S/C12H24N2O2/c1-10(2)14-8-4-3-6-11(14)12(16)13-7-5-9-15/h10-11,15H,3-9H2,1-2H3,(H,13,16). The summed E-state index contributed by atoms with van der Waals surface area (Å²) in [6, 6.07) is 0.460. The Labute approximate surface area is 98.0 Å². The highest BCUT2D eigenvalue weighted by molar-refractivity contribution is 5.81. The van der Waals surface area contributed by atoms with Crippen molar-refractivity contribution >= 4 is 5.91 Å². The summed E-state index contributed by atoms with van der Waals surface area (Å²) in [5.74, 6) is 0.127. The third-order valence-corrected chi connectivity index (χ3v) is 3.14. The molecule has 1 aliphatic rings. The van der Waals surface area contributed by atoms with Gasteiger partial charge in [0.1, 0.15) is 0 Å². The zero-order chi connectivity index (χ0) is 12.0. The SMILES string of the molecule is CC(C)N1CCCCC1C(=O)NCCCO. The molecular formula is C12H24N2O2. The molecule has 1 saturated heterocycles. The number of piperidine rings is 1. The van der Waals surface area contributed by atoms with Crippen molar-refractivity contribution in [2.24, 2.45) is 0 Å². The molecule has 4 heteroatoms. The maximum atomic E-state index is 12.0. The van der Waals surface area contributed by atoms with E-state index in [0.717, 1.165) is 19.4 Å². The summed E-state index contributed by atoms with van der Waals surface area (Å²) in [4.78, 5) is 14.2. The Hall–Kier alpha value is -0.610. The van der Waals surface area contributed by atoms with E-state index < -0.39 is 0 Å². The lowest BCUT2D eigenvalue weighted by atomic mass is 9.99. The molecule has 1 amide bonds. The first-order chi connectivity index (χ1) is 7.66. The summed E-state index contributed by atoms with van der Waals surface area (Å²) >= 11 is 0. The second-order valence-corrected chi connectivity index (χ2v) is 4.71. The largest absolute Gasteiger partial charge is 0.396 e. The molecule has 1 unspecified atom stereocenters. The van der Waals surface area contributed by atoms with Gasteiger partial charge >= 0.3 is 0 Å². The minimum absolute atomic E-state index is 0.0347. The van der Waals surface area contributed by atoms with Crippen molar-refractivity contribution in [3.8, 4) is 0 Å². The maximum Gasteiger partial charge on any atom is 0.237 e. The summed E-state index contributed by atoms with van der Waals surface area (Å²) in [6.45, 7) is 6.02. The molecule has 1 aliphatic heterocycles. The summed E-state index contributed by atoms with van der Waals surface area (Å²) in [5, 5.41) is 11.6. The molecule has 4 nitrogen and oxygen atoms in total. The van der Waals surface area contributed by atoms with Crippen LogP contribution in [0.15, 0.2) is 0 Å². The number of hydrogen-bond acceptors (Lipinski definition) is 3. The topological polar surface area (TPSA) is 52.6 Å². The van der Waals surface area contributed by atoms with Gasteiger partial charge in [0.25, 0.3) is 0 Å². The smallest absolute Gasteiger partial charge is 0.237 e. The molecule has 0 bridgehead atoms. The number of aliphatic hydroxyl groups excluding tert-OH is 1. The molecule has 0 aliphatic carbocycles. The molecule has 0 aromatic heterocycles. The van der Waals surface area contributed by atoms with Gasteiger partial charge in [-0.1, -0.05) is 6.42 Å². The van der Waals surface area contributed by atoms with Crippen LogP contribution in [0.1, 0.15) is 39.5 Å². The van der Waals surface area contributed by atoms with Gasteiger partial charge in [0.05, 0.1) is 6.04 Å². The van der Waals surface area contributed by atoms with Crippen LogP contribution in [0.4, 0.5) is 0 Å². The summed E-state index contributed by atoms with van der Waals surface area (Å²) < 4.78 is 0. The van der Waals surface area contributed by atoms with Crippen LogP contribution in [0.25, 0.3) is 0 Å². The van der Waals surface area contributed by atoms with Gasteiger partial charge in [-0.3, -0.25) is 9.69 Å². The van der Waals surface area contributed by atoms with E-state index in [9.17, 15) is 4.79 Å². The first-order valence-electron chi connectivity index (χ1n) is 6.31. The first-order valence-corrected chi connectivity index (χ1v) is 6.31.